The zero-order valence-electron chi connectivity index (χ0n) is 12.4. The van der Waals surface area contributed by atoms with E-state index >= 15 is 0 Å². The molecule has 0 aromatic rings. The highest BCUT2D eigenvalue weighted by Gasteiger charge is 2.39. The number of aliphatic carboxylic acids is 1. The number of hydrogen-bond acceptors (Lipinski definition) is 4. The lowest BCUT2D eigenvalue weighted by molar-refractivity contribution is -0.142. The average Bonchev–Trinajstić information content (AvgIpc) is 2.81. The predicted octanol–water partition coefficient (Wildman–Crippen LogP) is -0.356. The molecule has 0 bridgehead atoms. The molecule has 2 unspecified atom stereocenters. The predicted molar refractivity (Wildman–Crippen MR) is 74.8 cm³/mol. The van der Waals surface area contributed by atoms with Crippen LogP contribution in [0.25, 0.3) is 0 Å². The van der Waals surface area contributed by atoms with E-state index in [9.17, 15) is 14.4 Å². The van der Waals surface area contributed by atoms with Gasteiger partial charge in [-0.05, 0) is 12.3 Å². The largest absolute Gasteiger partial charge is 0.480 e. The average molecular weight is 301 g/mol. The minimum atomic E-state index is -0.993. The Bertz CT molecular complexity index is 388. The lowest BCUT2D eigenvalue weighted by Crippen LogP contribution is -2.48. The number of likely N-dealkylation sites (tertiary alicyclic amines) is 1. The van der Waals surface area contributed by atoms with Gasteiger partial charge in [-0.2, -0.15) is 0 Å². The number of nitrogens with zero attached hydrogens (tertiary/aromatic N) is 1. The van der Waals surface area contributed by atoms with Gasteiger partial charge in [-0.1, -0.05) is 6.92 Å². The molecule has 3 N–H and O–H groups in total. The standard InChI is InChI=1S/C13H23N3O5/c1-9-4-7-16(11(9)12(18)19)13(20)15-5-3-10(17)14-6-8-21-2/h9,11H,3-8H2,1-2H3,(H,14,17)(H,15,20)(H,18,19). The molecule has 120 valence electrons. The summed E-state index contributed by atoms with van der Waals surface area (Å²) in [7, 11) is 1.54. The normalized spacial score (nSPS) is 21.1. The van der Waals surface area contributed by atoms with E-state index in [1.807, 2.05) is 6.92 Å². The maximum Gasteiger partial charge on any atom is 0.326 e. The number of rotatable bonds is 7. The molecule has 0 spiro atoms. The molecule has 0 saturated carbocycles. The second kappa shape index (κ2) is 8.46. The molecular formula is C13H23N3O5. The molecule has 1 rings (SSSR count). The van der Waals surface area contributed by atoms with Crippen molar-refractivity contribution in [2.75, 3.05) is 33.4 Å². The topological polar surface area (TPSA) is 108 Å². The molecule has 1 heterocycles. The minimum Gasteiger partial charge on any atom is -0.480 e. The van der Waals surface area contributed by atoms with Crippen molar-refractivity contribution >= 4 is 17.9 Å². The molecule has 1 fully saturated rings. The van der Waals surface area contributed by atoms with Gasteiger partial charge in [-0.15, -0.1) is 0 Å². The van der Waals surface area contributed by atoms with Gasteiger partial charge in [0.05, 0.1) is 6.61 Å². The van der Waals surface area contributed by atoms with Crippen molar-refractivity contribution in [1.82, 2.24) is 15.5 Å². The number of amides is 3. The Labute approximate surface area is 123 Å². The van der Waals surface area contributed by atoms with E-state index in [4.69, 9.17) is 9.84 Å². The van der Waals surface area contributed by atoms with Gasteiger partial charge in [0.15, 0.2) is 0 Å². The van der Waals surface area contributed by atoms with Crippen LogP contribution in [-0.4, -0.2) is 67.3 Å². The number of carbonyl (C=O) groups excluding carboxylic acids is 2. The van der Waals surface area contributed by atoms with Crippen molar-refractivity contribution in [2.24, 2.45) is 5.92 Å². The van der Waals surface area contributed by atoms with Crippen molar-refractivity contribution in [3.05, 3.63) is 0 Å². The van der Waals surface area contributed by atoms with Crippen LogP contribution >= 0.6 is 0 Å². The summed E-state index contributed by atoms with van der Waals surface area (Å²) in [5.74, 6) is -1.24. The Kier molecular flexibility index (Phi) is 6.93. The van der Waals surface area contributed by atoms with Gasteiger partial charge < -0.3 is 25.4 Å². The summed E-state index contributed by atoms with van der Waals surface area (Å²) < 4.78 is 4.80. The third kappa shape index (κ3) is 5.22. The molecule has 0 aromatic heterocycles. The van der Waals surface area contributed by atoms with E-state index in [-0.39, 0.29) is 24.8 Å². The zero-order chi connectivity index (χ0) is 15.8. The number of nitrogens with one attached hydrogen (secondary N) is 2. The van der Waals surface area contributed by atoms with Crippen LogP contribution in [0.15, 0.2) is 0 Å². The summed E-state index contributed by atoms with van der Waals surface area (Å²) in [6, 6.07) is -1.23. The Morgan fingerprint density at radius 2 is 2.00 bits per heavy atom. The van der Waals surface area contributed by atoms with Crippen LogP contribution in [0, 0.1) is 5.92 Å². The van der Waals surface area contributed by atoms with Gasteiger partial charge in [0.2, 0.25) is 5.91 Å². The van der Waals surface area contributed by atoms with Crippen molar-refractivity contribution in [1.29, 1.82) is 0 Å². The Morgan fingerprint density at radius 1 is 1.29 bits per heavy atom. The first-order valence-electron chi connectivity index (χ1n) is 7.00. The summed E-state index contributed by atoms with van der Waals surface area (Å²) in [5.41, 5.74) is 0. The van der Waals surface area contributed by atoms with E-state index in [0.717, 1.165) is 0 Å². The number of carboxylic acids is 1. The van der Waals surface area contributed by atoms with Gasteiger partial charge >= 0.3 is 12.0 Å². The quantitative estimate of drug-likeness (QED) is 0.557. The maximum absolute atomic E-state index is 11.9. The number of methoxy groups -OCH3 is 1. The second-order valence-electron chi connectivity index (χ2n) is 5.07. The molecule has 0 aliphatic carbocycles. The van der Waals surface area contributed by atoms with Crippen LogP contribution in [0.1, 0.15) is 19.8 Å². The highest BCUT2D eigenvalue weighted by Crippen LogP contribution is 2.23. The van der Waals surface area contributed by atoms with Crippen LogP contribution < -0.4 is 10.6 Å². The summed E-state index contributed by atoms with van der Waals surface area (Å²) >= 11 is 0. The molecule has 8 heteroatoms. The number of ether oxygens (including phenoxy) is 1. The molecule has 2 atom stereocenters. The van der Waals surface area contributed by atoms with Gasteiger partial charge in [0.1, 0.15) is 6.04 Å². The summed E-state index contributed by atoms with van der Waals surface area (Å²) in [5, 5.41) is 14.4. The molecule has 0 radical (unpaired) electrons. The number of carboxylic acid groups (broad SMARTS) is 1. The smallest absolute Gasteiger partial charge is 0.326 e. The lowest BCUT2D eigenvalue weighted by Gasteiger charge is -2.23. The molecule has 1 saturated heterocycles. The van der Waals surface area contributed by atoms with Crippen molar-refractivity contribution in [3.63, 3.8) is 0 Å². The SMILES string of the molecule is COCCNC(=O)CCNC(=O)N1CCC(C)C1C(=O)O. The summed E-state index contributed by atoms with van der Waals surface area (Å²) in [4.78, 5) is 35.8. The van der Waals surface area contributed by atoms with E-state index in [1.165, 1.54) is 4.90 Å². The Hall–Kier alpha value is -1.83. The first-order chi connectivity index (χ1) is 9.97. The van der Waals surface area contributed by atoms with Gasteiger partial charge in [0, 0.05) is 33.2 Å². The molecule has 1 aliphatic heterocycles. The lowest BCUT2D eigenvalue weighted by atomic mass is 10.0. The van der Waals surface area contributed by atoms with Crippen molar-refractivity contribution in [3.8, 4) is 0 Å². The number of hydrogen-bond donors (Lipinski definition) is 3. The molecule has 1 aliphatic rings. The maximum atomic E-state index is 11.9. The third-order valence-electron chi connectivity index (χ3n) is 3.47. The first-order valence-corrected chi connectivity index (χ1v) is 7.00. The monoisotopic (exact) mass is 301 g/mol. The third-order valence-corrected chi connectivity index (χ3v) is 3.47. The zero-order valence-corrected chi connectivity index (χ0v) is 12.4. The van der Waals surface area contributed by atoms with Crippen LogP contribution in [-0.2, 0) is 14.3 Å². The second-order valence-corrected chi connectivity index (χ2v) is 5.07. The van der Waals surface area contributed by atoms with Crippen LogP contribution in [0.4, 0.5) is 4.79 Å². The van der Waals surface area contributed by atoms with Gasteiger partial charge in [-0.25, -0.2) is 9.59 Å². The molecular weight excluding hydrogens is 278 g/mol. The molecule has 21 heavy (non-hydrogen) atoms. The van der Waals surface area contributed by atoms with E-state index < -0.39 is 18.0 Å². The minimum absolute atomic E-state index is 0.0643. The fourth-order valence-corrected chi connectivity index (χ4v) is 2.32. The number of carbonyl (C=O) groups is 3. The summed E-state index contributed by atoms with van der Waals surface area (Å²) in [6.45, 7) is 3.27. The first kappa shape index (κ1) is 17.2. The van der Waals surface area contributed by atoms with Crippen molar-refractivity contribution < 1.29 is 24.2 Å². The molecule has 0 aromatic carbocycles. The molecule has 8 nitrogen and oxygen atoms in total. The fourth-order valence-electron chi connectivity index (χ4n) is 2.32. The summed E-state index contributed by atoms with van der Waals surface area (Å²) in [6.07, 6.45) is 0.818. The van der Waals surface area contributed by atoms with Crippen LogP contribution in [0.5, 0.6) is 0 Å². The number of urea groups is 1. The Balaban J connectivity index is 2.30. The fraction of sp³-hybridized carbons (Fsp3) is 0.769. The highest BCUT2D eigenvalue weighted by molar-refractivity contribution is 5.84. The van der Waals surface area contributed by atoms with Crippen LogP contribution in [0.3, 0.4) is 0 Å². The van der Waals surface area contributed by atoms with Gasteiger partial charge in [-0.3, -0.25) is 4.79 Å². The Morgan fingerprint density at radius 3 is 2.62 bits per heavy atom. The highest BCUT2D eigenvalue weighted by atomic mass is 16.5. The van der Waals surface area contributed by atoms with E-state index in [1.54, 1.807) is 7.11 Å². The van der Waals surface area contributed by atoms with Gasteiger partial charge in [0.25, 0.3) is 0 Å². The van der Waals surface area contributed by atoms with E-state index in [0.29, 0.717) is 26.1 Å². The molecule has 3 amide bonds. The van der Waals surface area contributed by atoms with E-state index in [2.05, 4.69) is 10.6 Å². The van der Waals surface area contributed by atoms with Crippen molar-refractivity contribution in [2.45, 2.75) is 25.8 Å². The van der Waals surface area contributed by atoms with Crippen LogP contribution in [0.2, 0.25) is 0 Å².